The van der Waals surface area contributed by atoms with Crippen LogP contribution in [0.4, 0.5) is 0 Å². The Balaban J connectivity index is 2.52. The minimum absolute atomic E-state index is 0.0520. The van der Waals surface area contributed by atoms with E-state index in [4.69, 9.17) is 4.74 Å². The summed E-state index contributed by atoms with van der Waals surface area (Å²) in [7, 11) is 0. The molecule has 1 amide bonds. The van der Waals surface area contributed by atoms with E-state index in [9.17, 15) is 4.79 Å². The first-order valence-electron chi connectivity index (χ1n) is 6.59. The Morgan fingerprint density at radius 1 is 1.32 bits per heavy atom. The van der Waals surface area contributed by atoms with Crippen molar-refractivity contribution in [2.24, 2.45) is 0 Å². The fourth-order valence-corrected chi connectivity index (χ4v) is 1.59. The highest BCUT2D eigenvalue weighted by atomic mass is 16.5. The molecule has 104 valence electrons. The fraction of sp³-hybridized carbons (Fsp3) is 0.438. The number of benzene rings is 1. The van der Waals surface area contributed by atoms with Gasteiger partial charge in [0.2, 0.25) is 5.91 Å². The van der Waals surface area contributed by atoms with Crippen molar-refractivity contribution in [2.45, 2.75) is 47.0 Å². The maximum Gasteiger partial charge on any atom is 0.244 e. The van der Waals surface area contributed by atoms with Crippen LogP contribution in [0.5, 0.6) is 0 Å². The van der Waals surface area contributed by atoms with E-state index in [0.717, 1.165) is 16.7 Å². The Labute approximate surface area is 115 Å². The first kappa shape index (κ1) is 15.4. The van der Waals surface area contributed by atoms with Crippen molar-refractivity contribution < 1.29 is 9.53 Å². The molecule has 0 aromatic heterocycles. The van der Waals surface area contributed by atoms with Gasteiger partial charge in [-0.3, -0.25) is 4.79 Å². The maximum atomic E-state index is 11.5. The van der Waals surface area contributed by atoms with Crippen LogP contribution in [-0.2, 0) is 22.7 Å². The van der Waals surface area contributed by atoms with Crippen LogP contribution in [-0.4, -0.2) is 12.0 Å². The van der Waals surface area contributed by atoms with E-state index in [2.05, 4.69) is 11.4 Å². The molecule has 0 aliphatic rings. The molecule has 3 nitrogen and oxygen atoms in total. The molecule has 0 radical (unpaired) electrons. The predicted molar refractivity (Wildman–Crippen MR) is 77.6 cm³/mol. The fourth-order valence-electron chi connectivity index (χ4n) is 1.59. The number of allylic oxidation sites excluding steroid dienone is 1. The number of carbonyl (C=O) groups excluding carboxylic acids is 1. The standard InChI is InChI=1S/C16H23NO2/c1-12(2)8-16(18)17-10-14-6-5-7-15(9-14)11-19-13(3)4/h5-9,13H,10-11H2,1-4H3,(H,17,18). The zero-order valence-corrected chi connectivity index (χ0v) is 12.2. The van der Waals surface area contributed by atoms with Crippen molar-refractivity contribution in [2.75, 3.05) is 0 Å². The van der Waals surface area contributed by atoms with Crippen LogP contribution in [0.1, 0.15) is 38.8 Å². The van der Waals surface area contributed by atoms with Crippen LogP contribution in [0, 0.1) is 0 Å². The van der Waals surface area contributed by atoms with Gasteiger partial charge < -0.3 is 10.1 Å². The Morgan fingerprint density at radius 3 is 2.63 bits per heavy atom. The number of ether oxygens (including phenoxy) is 1. The van der Waals surface area contributed by atoms with Gasteiger partial charge in [-0.05, 0) is 38.8 Å². The summed E-state index contributed by atoms with van der Waals surface area (Å²) < 4.78 is 5.56. The third kappa shape index (κ3) is 6.77. The summed E-state index contributed by atoms with van der Waals surface area (Å²) in [6.07, 6.45) is 1.83. The second kappa shape index (κ2) is 7.74. The smallest absolute Gasteiger partial charge is 0.244 e. The molecule has 0 saturated carbocycles. The van der Waals surface area contributed by atoms with Crippen LogP contribution < -0.4 is 5.32 Å². The molecule has 0 aliphatic carbocycles. The van der Waals surface area contributed by atoms with E-state index in [0.29, 0.717) is 13.2 Å². The lowest BCUT2D eigenvalue weighted by Crippen LogP contribution is -2.20. The third-order valence-electron chi connectivity index (χ3n) is 2.46. The van der Waals surface area contributed by atoms with E-state index in [-0.39, 0.29) is 12.0 Å². The molecule has 1 aromatic carbocycles. The van der Waals surface area contributed by atoms with Gasteiger partial charge in [-0.25, -0.2) is 0 Å². The van der Waals surface area contributed by atoms with Crippen LogP contribution >= 0.6 is 0 Å². The summed E-state index contributed by atoms with van der Waals surface area (Å²) in [6.45, 7) is 8.99. The maximum absolute atomic E-state index is 11.5. The highest BCUT2D eigenvalue weighted by Crippen LogP contribution is 2.08. The molecule has 0 spiro atoms. The monoisotopic (exact) mass is 261 g/mol. The number of amides is 1. The zero-order valence-electron chi connectivity index (χ0n) is 12.2. The minimum atomic E-state index is -0.0520. The van der Waals surface area contributed by atoms with Crippen LogP contribution in [0.25, 0.3) is 0 Å². The summed E-state index contributed by atoms with van der Waals surface area (Å²) in [5.41, 5.74) is 3.21. The van der Waals surface area contributed by atoms with Gasteiger partial charge in [0.05, 0.1) is 12.7 Å². The number of hydrogen-bond acceptors (Lipinski definition) is 2. The molecule has 0 saturated heterocycles. The zero-order chi connectivity index (χ0) is 14.3. The van der Waals surface area contributed by atoms with Gasteiger partial charge in [-0.2, -0.15) is 0 Å². The first-order valence-corrected chi connectivity index (χ1v) is 6.59. The van der Waals surface area contributed by atoms with Crippen molar-refractivity contribution in [3.05, 3.63) is 47.0 Å². The Hall–Kier alpha value is -1.61. The summed E-state index contributed by atoms with van der Waals surface area (Å²) in [4.78, 5) is 11.5. The number of rotatable bonds is 6. The molecule has 1 N–H and O–H groups in total. The summed E-state index contributed by atoms with van der Waals surface area (Å²) in [5, 5.41) is 2.87. The second-order valence-corrected chi connectivity index (χ2v) is 5.12. The molecule has 1 aromatic rings. The van der Waals surface area contributed by atoms with Gasteiger partial charge in [0.15, 0.2) is 0 Å². The topological polar surface area (TPSA) is 38.3 Å². The Morgan fingerprint density at radius 2 is 2.00 bits per heavy atom. The molecule has 0 heterocycles. The highest BCUT2D eigenvalue weighted by Gasteiger charge is 2.00. The average Bonchev–Trinajstić information content (AvgIpc) is 2.34. The van der Waals surface area contributed by atoms with Crippen molar-refractivity contribution >= 4 is 5.91 Å². The van der Waals surface area contributed by atoms with Crippen LogP contribution in [0.3, 0.4) is 0 Å². The molecule has 0 fully saturated rings. The van der Waals surface area contributed by atoms with Gasteiger partial charge in [0.25, 0.3) is 0 Å². The number of carbonyl (C=O) groups is 1. The van der Waals surface area contributed by atoms with Crippen molar-refractivity contribution in [3.8, 4) is 0 Å². The minimum Gasteiger partial charge on any atom is -0.374 e. The Bertz CT molecular complexity index is 446. The van der Waals surface area contributed by atoms with Gasteiger partial charge in [0, 0.05) is 12.6 Å². The van der Waals surface area contributed by atoms with Gasteiger partial charge in [-0.1, -0.05) is 29.8 Å². The average molecular weight is 261 g/mol. The molecule has 0 aliphatic heterocycles. The predicted octanol–water partition coefficient (Wildman–Crippen LogP) is 3.19. The largest absolute Gasteiger partial charge is 0.374 e. The first-order chi connectivity index (χ1) is 8.97. The summed E-state index contributed by atoms with van der Waals surface area (Å²) in [5.74, 6) is -0.0520. The molecule has 19 heavy (non-hydrogen) atoms. The van der Waals surface area contributed by atoms with Crippen LogP contribution in [0.2, 0.25) is 0 Å². The van der Waals surface area contributed by atoms with Crippen LogP contribution in [0.15, 0.2) is 35.9 Å². The summed E-state index contributed by atoms with van der Waals surface area (Å²) in [6, 6.07) is 8.08. The molecule has 0 bridgehead atoms. The van der Waals surface area contributed by atoms with E-state index in [1.165, 1.54) is 0 Å². The molecular formula is C16H23NO2. The number of hydrogen-bond donors (Lipinski definition) is 1. The quantitative estimate of drug-likeness (QED) is 0.799. The van der Waals surface area contributed by atoms with E-state index in [1.807, 2.05) is 45.9 Å². The van der Waals surface area contributed by atoms with Gasteiger partial charge in [0.1, 0.15) is 0 Å². The van der Waals surface area contributed by atoms with Crippen molar-refractivity contribution in [3.63, 3.8) is 0 Å². The van der Waals surface area contributed by atoms with E-state index < -0.39 is 0 Å². The second-order valence-electron chi connectivity index (χ2n) is 5.12. The third-order valence-corrected chi connectivity index (χ3v) is 2.46. The lowest BCUT2D eigenvalue weighted by molar-refractivity contribution is -0.116. The van der Waals surface area contributed by atoms with Crippen molar-refractivity contribution in [1.29, 1.82) is 0 Å². The molecule has 0 unspecified atom stereocenters. The number of nitrogens with one attached hydrogen (secondary N) is 1. The summed E-state index contributed by atoms with van der Waals surface area (Å²) >= 11 is 0. The van der Waals surface area contributed by atoms with Crippen molar-refractivity contribution in [1.82, 2.24) is 5.32 Å². The molecular weight excluding hydrogens is 238 g/mol. The SMILES string of the molecule is CC(C)=CC(=O)NCc1cccc(COC(C)C)c1. The highest BCUT2D eigenvalue weighted by molar-refractivity contribution is 5.87. The lowest BCUT2D eigenvalue weighted by Gasteiger charge is -2.09. The van der Waals surface area contributed by atoms with E-state index in [1.54, 1.807) is 6.08 Å². The molecule has 0 atom stereocenters. The normalized spacial score (nSPS) is 10.4. The van der Waals surface area contributed by atoms with Gasteiger partial charge in [-0.15, -0.1) is 0 Å². The van der Waals surface area contributed by atoms with E-state index >= 15 is 0 Å². The van der Waals surface area contributed by atoms with Gasteiger partial charge >= 0.3 is 0 Å². The lowest BCUT2D eigenvalue weighted by atomic mass is 10.1. The molecule has 3 heteroatoms. The molecule has 1 rings (SSSR count). The Kier molecular flexibility index (Phi) is 6.30.